The number of carbonyl (C=O) groups excluding carboxylic acids is 1. The van der Waals surface area contributed by atoms with Gasteiger partial charge in [-0.3, -0.25) is 0 Å². The molecule has 0 amide bonds. The fourth-order valence-corrected chi connectivity index (χ4v) is 1.46. The molecule has 0 aromatic rings. The highest BCUT2D eigenvalue weighted by Crippen LogP contribution is 2.22. The van der Waals surface area contributed by atoms with Crippen molar-refractivity contribution >= 4 is 5.97 Å². The second-order valence-electron chi connectivity index (χ2n) is 3.41. The third kappa shape index (κ3) is 2.36. The molecule has 0 spiro atoms. The summed E-state index contributed by atoms with van der Waals surface area (Å²) in [5.74, 6) is 0.317. The molecule has 1 rings (SSSR count). The fraction of sp³-hybridized carbons (Fsp3) is 0.700. The predicted molar refractivity (Wildman–Crippen MR) is 47.7 cm³/mol. The van der Waals surface area contributed by atoms with Gasteiger partial charge in [-0.05, 0) is 18.8 Å². The van der Waals surface area contributed by atoms with Gasteiger partial charge in [-0.1, -0.05) is 26.3 Å². The van der Waals surface area contributed by atoms with Crippen molar-refractivity contribution in [3.63, 3.8) is 0 Å². The van der Waals surface area contributed by atoms with Crippen molar-refractivity contribution in [2.75, 3.05) is 6.61 Å². The SMILES string of the molecule is C=C1CC(CCCC)COC1=O. The Bertz CT molecular complexity index is 184. The Balaban J connectivity index is 2.30. The zero-order valence-electron chi connectivity index (χ0n) is 7.64. The van der Waals surface area contributed by atoms with Crippen molar-refractivity contribution in [2.45, 2.75) is 32.6 Å². The minimum atomic E-state index is -0.206. The van der Waals surface area contributed by atoms with Gasteiger partial charge in [0, 0.05) is 5.57 Å². The van der Waals surface area contributed by atoms with Crippen molar-refractivity contribution in [1.82, 2.24) is 0 Å². The summed E-state index contributed by atoms with van der Waals surface area (Å²) in [5, 5.41) is 0. The number of esters is 1. The molecule has 1 aliphatic rings. The maximum Gasteiger partial charge on any atom is 0.333 e. The quantitative estimate of drug-likeness (QED) is 0.477. The number of rotatable bonds is 3. The lowest BCUT2D eigenvalue weighted by Crippen LogP contribution is -2.23. The predicted octanol–water partition coefficient (Wildman–Crippen LogP) is 2.30. The van der Waals surface area contributed by atoms with Gasteiger partial charge in [-0.15, -0.1) is 0 Å². The van der Waals surface area contributed by atoms with E-state index in [1.54, 1.807) is 0 Å². The van der Waals surface area contributed by atoms with E-state index in [0.29, 0.717) is 18.1 Å². The van der Waals surface area contributed by atoms with Crippen molar-refractivity contribution < 1.29 is 9.53 Å². The van der Waals surface area contributed by atoms with Crippen LogP contribution in [-0.2, 0) is 9.53 Å². The summed E-state index contributed by atoms with van der Waals surface area (Å²) in [4.78, 5) is 10.9. The number of carbonyl (C=O) groups is 1. The first kappa shape index (κ1) is 9.30. The van der Waals surface area contributed by atoms with Crippen LogP contribution in [-0.4, -0.2) is 12.6 Å². The van der Waals surface area contributed by atoms with Crippen LogP contribution in [0.25, 0.3) is 0 Å². The van der Waals surface area contributed by atoms with Gasteiger partial charge in [0.15, 0.2) is 0 Å². The van der Waals surface area contributed by atoms with E-state index in [1.807, 2.05) is 0 Å². The standard InChI is InChI=1S/C10H16O2/c1-3-4-5-9-6-8(2)10(11)12-7-9/h9H,2-7H2,1H3. The first-order chi connectivity index (χ1) is 5.74. The molecule has 12 heavy (non-hydrogen) atoms. The van der Waals surface area contributed by atoms with Crippen molar-refractivity contribution in [2.24, 2.45) is 5.92 Å². The number of ether oxygens (including phenoxy) is 1. The highest BCUT2D eigenvalue weighted by Gasteiger charge is 2.22. The van der Waals surface area contributed by atoms with Crippen LogP contribution in [0.1, 0.15) is 32.6 Å². The van der Waals surface area contributed by atoms with Crippen LogP contribution in [0.15, 0.2) is 12.2 Å². The lowest BCUT2D eigenvalue weighted by Gasteiger charge is -2.22. The third-order valence-electron chi connectivity index (χ3n) is 2.24. The molecule has 0 bridgehead atoms. The lowest BCUT2D eigenvalue weighted by molar-refractivity contribution is -0.143. The molecule has 0 saturated carbocycles. The maximum absolute atomic E-state index is 10.9. The first-order valence-corrected chi connectivity index (χ1v) is 4.59. The molecule has 1 saturated heterocycles. The van der Waals surface area contributed by atoms with Crippen LogP contribution in [0.2, 0.25) is 0 Å². The van der Waals surface area contributed by atoms with Gasteiger partial charge in [0.05, 0.1) is 6.61 Å². The van der Waals surface area contributed by atoms with Crippen LogP contribution in [0.4, 0.5) is 0 Å². The number of cyclic esters (lactones) is 1. The van der Waals surface area contributed by atoms with E-state index in [1.165, 1.54) is 12.8 Å². The summed E-state index contributed by atoms with van der Waals surface area (Å²) in [5.41, 5.74) is 0.641. The molecule has 68 valence electrons. The molecule has 1 fully saturated rings. The highest BCUT2D eigenvalue weighted by atomic mass is 16.5. The van der Waals surface area contributed by atoms with Crippen LogP contribution in [0.5, 0.6) is 0 Å². The number of hydrogen-bond donors (Lipinski definition) is 0. The average Bonchev–Trinajstić information content (AvgIpc) is 2.07. The average molecular weight is 168 g/mol. The summed E-state index contributed by atoms with van der Waals surface area (Å²) in [6.07, 6.45) is 4.41. The summed E-state index contributed by atoms with van der Waals surface area (Å²) in [6.45, 7) is 6.44. The fourth-order valence-electron chi connectivity index (χ4n) is 1.46. The minimum Gasteiger partial charge on any atom is -0.462 e. The Kier molecular flexibility index (Phi) is 3.32. The van der Waals surface area contributed by atoms with Gasteiger partial charge in [-0.2, -0.15) is 0 Å². The van der Waals surface area contributed by atoms with Crippen molar-refractivity contribution in [3.05, 3.63) is 12.2 Å². The topological polar surface area (TPSA) is 26.3 Å². The molecule has 0 aliphatic carbocycles. The van der Waals surface area contributed by atoms with Crippen LogP contribution < -0.4 is 0 Å². The molecular weight excluding hydrogens is 152 g/mol. The number of hydrogen-bond acceptors (Lipinski definition) is 2. The smallest absolute Gasteiger partial charge is 0.333 e. The molecule has 1 unspecified atom stereocenters. The minimum absolute atomic E-state index is 0.206. The zero-order chi connectivity index (χ0) is 8.97. The van der Waals surface area contributed by atoms with Crippen LogP contribution in [0.3, 0.4) is 0 Å². The molecule has 0 aromatic carbocycles. The van der Waals surface area contributed by atoms with E-state index < -0.39 is 0 Å². The lowest BCUT2D eigenvalue weighted by atomic mass is 9.94. The van der Waals surface area contributed by atoms with Gasteiger partial charge < -0.3 is 4.74 Å². The Morgan fingerprint density at radius 1 is 1.67 bits per heavy atom. The van der Waals surface area contributed by atoms with E-state index in [4.69, 9.17) is 4.74 Å². The Hall–Kier alpha value is -0.790. The third-order valence-corrected chi connectivity index (χ3v) is 2.24. The number of unbranched alkanes of at least 4 members (excludes halogenated alkanes) is 1. The van der Waals surface area contributed by atoms with E-state index in [9.17, 15) is 4.79 Å². The van der Waals surface area contributed by atoms with E-state index in [2.05, 4.69) is 13.5 Å². The summed E-state index contributed by atoms with van der Waals surface area (Å²) in [7, 11) is 0. The van der Waals surface area contributed by atoms with Gasteiger partial charge in [0.1, 0.15) is 0 Å². The Morgan fingerprint density at radius 2 is 2.42 bits per heavy atom. The molecular formula is C10H16O2. The van der Waals surface area contributed by atoms with Crippen LogP contribution >= 0.6 is 0 Å². The van der Waals surface area contributed by atoms with Gasteiger partial charge in [0.25, 0.3) is 0 Å². The summed E-state index contributed by atoms with van der Waals surface area (Å²) < 4.78 is 4.96. The normalized spacial score (nSPS) is 23.9. The van der Waals surface area contributed by atoms with E-state index >= 15 is 0 Å². The zero-order valence-corrected chi connectivity index (χ0v) is 7.64. The Labute approximate surface area is 73.6 Å². The molecule has 1 atom stereocenters. The van der Waals surface area contributed by atoms with Crippen molar-refractivity contribution in [1.29, 1.82) is 0 Å². The summed E-state index contributed by atoms with van der Waals surface area (Å²) >= 11 is 0. The van der Waals surface area contributed by atoms with Gasteiger partial charge in [0.2, 0.25) is 0 Å². The largest absolute Gasteiger partial charge is 0.462 e. The second kappa shape index (κ2) is 4.29. The molecule has 2 nitrogen and oxygen atoms in total. The monoisotopic (exact) mass is 168 g/mol. The van der Waals surface area contributed by atoms with Crippen LogP contribution in [0, 0.1) is 5.92 Å². The van der Waals surface area contributed by atoms with Gasteiger partial charge >= 0.3 is 5.97 Å². The Morgan fingerprint density at radius 3 is 3.00 bits per heavy atom. The summed E-state index contributed by atoms with van der Waals surface area (Å²) in [6, 6.07) is 0. The molecule has 0 radical (unpaired) electrons. The van der Waals surface area contributed by atoms with Crippen molar-refractivity contribution in [3.8, 4) is 0 Å². The molecule has 2 heteroatoms. The van der Waals surface area contributed by atoms with Gasteiger partial charge in [-0.25, -0.2) is 4.79 Å². The highest BCUT2D eigenvalue weighted by molar-refractivity contribution is 5.88. The maximum atomic E-state index is 10.9. The molecule has 0 aromatic heterocycles. The molecule has 0 N–H and O–H groups in total. The second-order valence-corrected chi connectivity index (χ2v) is 3.41. The van der Waals surface area contributed by atoms with E-state index in [0.717, 1.165) is 12.8 Å². The van der Waals surface area contributed by atoms with E-state index in [-0.39, 0.29) is 5.97 Å². The first-order valence-electron chi connectivity index (χ1n) is 4.59. The molecule has 1 heterocycles. The molecule has 1 aliphatic heterocycles.